The maximum atomic E-state index is 11.5. The highest BCUT2D eigenvalue weighted by Gasteiger charge is 2.11. The summed E-state index contributed by atoms with van der Waals surface area (Å²) in [5.74, 6) is 1.48. The third-order valence-electron chi connectivity index (χ3n) is 2.49. The zero-order valence-corrected chi connectivity index (χ0v) is 11.4. The van der Waals surface area contributed by atoms with Crippen molar-refractivity contribution in [2.24, 2.45) is 0 Å². The number of methoxy groups -OCH3 is 1. The predicted octanol–water partition coefficient (Wildman–Crippen LogP) is 2.36. The number of H-pyrrole nitrogens is 1. The largest absolute Gasteiger partial charge is 0.494 e. The summed E-state index contributed by atoms with van der Waals surface area (Å²) < 4.78 is 16.0. The van der Waals surface area contributed by atoms with Gasteiger partial charge in [-0.25, -0.2) is 4.98 Å². The Morgan fingerprint density at radius 2 is 1.90 bits per heavy atom. The number of nitrogens with zero attached hydrogens (tertiary/aromatic N) is 1. The summed E-state index contributed by atoms with van der Waals surface area (Å²) in [6.07, 6.45) is 2.21. The highest BCUT2D eigenvalue weighted by molar-refractivity contribution is 5.37. The maximum Gasteiger partial charge on any atom is 0.297 e. The summed E-state index contributed by atoms with van der Waals surface area (Å²) >= 11 is 0. The minimum atomic E-state index is -0.389. The van der Waals surface area contributed by atoms with Crippen LogP contribution in [0.5, 0.6) is 23.1 Å². The number of rotatable bonds is 6. The van der Waals surface area contributed by atoms with Crippen LogP contribution >= 0.6 is 0 Å². The Hall–Kier alpha value is -2.50. The first-order chi connectivity index (χ1) is 9.74. The van der Waals surface area contributed by atoms with Crippen molar-refractivity contribution in [2.75, 3.05) is 13.7 Å². The van der Waals surface area contributed by atoms with Crippen molar-refractivity contribution in [2.45, 2.75) is 13.3 Å². The molecule has 0 radical (unpaired) electrons. The number of benzene rings is 1. The molecule has 0 amide bonds. The van der Waals surface area contributed by atoms with Gasteiger partial charge in [-0.05, 0) is 30.7 Å². The standard InChI is InChI=1S/C14H16N2O4/c1-3-8-19-10-4-6-11(7-5-10)20-14-12(18-2)13(17)15-9-16-14/h4-7,9H,3,8H2,1-2H3,(H,15,16,17). The second kappa shape index (κ2) is 6.60. The average molecular weight is 276 g/mol. The van der Waals surface area contributed by atoms with Gasteiger partial charge in [0.15, 0.2) is 0 Å². The molecule has 106 valence electrons. The van der Waals surface area contributed by atoms with E-state index in [0.29, 0.717) is 12.4 Å². The molecule has 0 unspecified atom stereocenters. The topological polar surface area (TPSA) is 73.4 Å². The summed E-state index contributed by atoms with van der Waals surface area (Å²) in [5, 5.41) is 0. The molecule has 1 heterocycles. The lowest BCUT2D eigenvalue weighted by molar-refractivity contribution is 0.316. The molecule has 6 nitrogen and oxygen atoms in total. The van der Waals surface area contributed by atoms with Crippen molar-refractivity contribution >= 4 is 0 Å². The molecule has 0 atom stereocenters. The van der Waals surface area contributed by atoms with Crippen LogP contribution in [0.2, 0.25) is 0 Å². The summed E-state index contributed by atoms with van der Waals surface area (Å²) in [5.41, 5.74) is -0.389. The van der Waals surface area contributed by atoms with Crippen molar-refractivity contribution in [1.29, 1.82) is 0 Å². The third kappa shape index (κ3) is 3.28. The van der Waals surface area contributed by atoms with E-state index >= 15 is 0 Å². The van der Waals surface area contributed by atoms with Crippen molar-refractivity contribution < 1.29 is 14.2 Å². The maximum absolute atomic E-state index is 11.5. The van der Waals surface area contributed by atoms with Gasteiger partial charge in [-0.1, -0.05) is 6.92 Å². The van der Waals surface area contributed by atoms with E-state index < -0.39 is 0 Å². The van der Waals surface area contributed by atoms with Crippen LogP contribution in [-0.2, 0) is 0 Å². The van der Waals surface area contributed by atoms with Gasteiger partial charge >= 0.3 is 0 Å². The number of ether oxygens (including phenoxy) is 3. The molecule has 2 aromatic rings. The normalized spacial score (nSPS) is 10.1. The Balaban J connectivity index is 2.14. The third-order valence-corrected chi connectivity index (χ3v) is 2.49. The monoisotopic (exact) mass is 276 g/mol. The first-order valence-electron chi connectivity index (χ1n) is 6.27. The number of hydrogen-bond acceptors (Lipinski definition) is 5. The SMILES string of the molecule is CCCOc1ccc(Oc2nc[nH]c(=O)c2OC)cc1. The first kappa shape index (κ1) is 13.9. The lowest BCUT2D eigenvalue weighted by Gasteiger charge is -2.09. The Morgan fingerprint density at radius 3 is 2.55 bits per heavy atom. The van der Waals surface area contributed by atoms with Crippen LogP contribution in [-0.4, -0.2) is 23.7 Å². The van der Waals surface area contributed by atoms with Crippen molar-refractivity contribution in [1.82, 2.24) is 9.97 Å². The van der Waals surface area contributed by atoms with Crippen LogP contribution in [0.15, 0.2) is 35.4 Å². The molecule has 0 aliphatic heterocycles. The van der Waals surface area contributed by atoms with Crippen LogP contribution < -0.4 is 19.8 Å². The van der Waals surface area contributed by atoms with Gasteiger partial charge in [-0.3, -0.25) is 4.79 Å². The van der Waals surface area contributed by atoms with E-state index in [1.54, 1.807) is 24.3 Å². The minimum absolute atomic E-state index is 0.0406. The number of nitrogens with one attached hydrogen (secondary N) is 1. The van der Waals surface area contributed by atoms with Gasteiger partial charge in [-0.15, -0.1) is 0 Å². The van der Waals surface area contributed by atoms with E-state index in [0.717, 1.165) is 12.2 Å². The molecule has 0 saturated heterocycles. The minimum Gasteiger partial charge on any atom is -0.494 e. The molecule has 0 bridgehead atoms. The molecule has 1 aromatic heterocycles. The van der Waals surface area contributed by atoms with E-state index in [1.165, 1.54) is 13.4 Å². The number of hydrogen-bond donors (Lipinski definition) is 1. The predicted molar refractivity (Wildman–Crippen MR) is 73.7 cm³/mol. The fourth-order valence-corrected chi connectivity index (χ4v) is 1.56. The molecule has 0 aliphatic carbocycles. The van der Waals surface area contributed by atoms with E-state index in [1.807, 2.05) is 6.92 Å². The van der Waals surface area contributed by atoms with Crippen LogP contribution in [0.1, 0.15) is 13.3 Å². The van der Waals surface area contributed by atoms with Gasteiger partial charge in [0.25, 0.3) is 11.4 Å². The summed E-state index contributed by atoms with van der Waals surface area (Å²) in [6.45, 7) is 2.71. The van der Waals surface area contributed by atoms with Crippen LogP contribution in [0.25, 0.3) is 0 Å². The smallest absolute Gasteiger partial charge is 0.297 e. The molecule has 0 spiro atoms. The summed E-state index contributed by atoms with van der Waals surface area (Å²) in [7, 11) is 1.39. The van der Waals surface area contributed by atoms with E-state index in [9.17, 15) is 4.79 Å². The Bertz CT molecular complexity index is 607. The quantitative estimate of drug-likeness (QED) is 0.876. The number of aromatic nitrogens is 2. The van der Waals surface area contributed by atoms with E-state index in [4.69, 9.17) is 14.2 Å². The molecular weight excluding hydrogens is 260 g/mol. The summed E-state index contributed by atoms with van der Waals surface area (Å²) in [6, 6.07) is 7.08. The first-order valence-corrected chi connectivity index (χ1v) is 6.27. The molecule has 1 N–H and O–H groups in total. The fourth-order valence-electron chi connectivity index (χ4n) is 1.56. The zero-order valence-electron chi connectivity index (χ0n) is 11.4. The molecule has 1 aromatic carbocycles. The highest BCUT2D eigenvalue weighted by atomic mass is 16.5. The second-order valence-electron chi connectivity index (χ2n) is 3.99. The van der Waals surface area contributed by atoms with Crippen molar-refractivity contribution in [3.05, 3.63) is 40.9 Å². The molecule has 0 fully saturated rings. The fraction of sp³-hybridized carbons (Fsp3) is 0.286. The molecule has 0 saturated carbocycles. The van der Waals surface area contributed by atoms with E-state index in [2.05, 4.69) is 9.97 Å². The highest BCUT2D eigenvalue weighted by Crippen LogP contribution is 2.26. The lowest BCUT2D eigenvalue weighted by atomic mass is 10.3. The van der Waals surface area contributed by atoms with Crippen LogP contribution in [0.4, 0.5) is 0 Å². The second-order valence-corrected chi connectivity index (χ2v) is 3.99. The van der Waals surface area contributed by atoms with Crippen molar-refractivity contribution in [3.8, 4) is 23.1 Å². The zero-order chi connectivity index (χ0) is 14.4. The lowest BCUT2D eigenvalue weighted by Crippen LogP contribution is -2.10. The number of aromatic amines is 1. The van der Waals surface area contributed by atoms with Crippen LogP contribution in [0.3, 0.4) is 0 Å². The molecule has 2 rings (SSSR count). The molecular formula is C14H16N2O4. The Labute approximate surface area is 116 Å². The van der Waals surface area contributed by atoms with Gasteiger partial charge in [0.2, 0.25) is 5.75 Å². The summed E-state index contributed by atoms with van der Waals surface area (Å²) in [4.78, 5) is 17.9. The Kier molecular flexibility index (Phi) is 4.60. The van der Waals surface area contributed by atoms with Gasteiger partial charge < -0.3 is 19.2 Å². The van der Waals surface area contributed by atoms with Gasteiger partial charge in [0, 0.05) is 0 Å². The van der Waals surface area contributed by atoms with E-state index in [-0.39, 0.29) is 17.2 Å². The van der Waals surface area contributed by atoms with Gasteiger partial charge in [-0.2, -0.15) is 0 Å². The van der Waals surface area contributed by atoms with Crippen molar-refractivity contribution in [3.63, 3.8) is 0 Å². The average Bonchev–Trinajstić information content (AvgIpc) is 2.47. The van der Waals surface area contributed by atoms with Crippen LogP contribution in [0, 0.1) is 0 Å². The molecule has 6 heteroatoms. The molecule has 20 heavy (non-hydrogen) atoms. The molecule has 0 aliphatic rings. The van der Waals surface area contributed by atoms with Gasteiger partial charge in [0.05, 0.1) is 20.0 Å². The Morgan fingerprint density at radius 1 is 1.20 bits per heavy atom. The van der Waals surface area contributed by atoms with Gasteiger partial charge in [0.1, 0.15) is 11.5 Å².